The number of hydrogen-bond acceptors (Lipinski definition) is 5. The summed E-state index contributed by atoms with van der Waals surface area (Å²) in [5, 5.41) is 14.6. The first-order valence-corrected chi connectivity index (χ1v) is 12.9. The number of halogens is 2. The highest BCUT2D eigenvalue weighted by atomic mass is 35.5. The van der Waals surface area contributed by atoms with Crippen LogP contribution in [0.2, 0.25) is 10.0 Å². The average Bonchev–Trinajstić information content (AvgIpc) is 2.81. The van der Waals surface area contributed by atoms with Crippen LogP contribution >= 0.6 is 35.0 Å². The minimum atomic E-state index is -0.629. The van der Waals surface area contributed by atoms with Crippen LogP contribution in [-0.2, 0) is 21.9 Å². The highest BCUT2D eigenvalue weighted by Gasteiger charge is 2.29. The highest BCUT2D eigenvalue weighted by molar-refractivity contribution is 7.99. The van der Waals surface area contributed by atoms with E-state index < -0.39 is 11.0 Å². The third-order valence-electron chi connectivity index (χ3n) is 5.37. The molecule has 2 atom stereocenters. The fraction of sp³-hybridized carbons (Fsp3) is 0.417. The number of nitrogens with one attached hydrogen (secondary N) is 1. The lowest BCUT2D eigenvalue weighted by Crippen LogP contribution is -2.51. The number of nitro groups is 1. The molecular weight excluding hydrogens is 497 g/mol. The number of carbonyl (C=O) groups excluding carboxylic acids is 2. The third kappa shape index (κ3) is 8.18. The van der Waals surface area contributed by atoms with Gasteiger partial charge >= 0.3 is 0 Å². The summed E-state index contributed by atoms with van der Waals surface area (Å²) >= 11 is 13.6. The summed E-state index contributed by atoms with van der Waals surface area (Å²) in [5.41, 5.74) is 1.68. The van der Waals surface area contributed by atoms with Gasteiger partial charge in [0.25, 0.3) is 5.69 Å². The maximum Gasteiger partial charge on any atom is 0.269 e. The van der Waals surface area contributed by atoms with E-state index >= 15 is 0 Å². The van der Waals surface area contributed by atoms with E-state index in [0.29, 0.717) is 22.2 Å². The van der Waals surface area contributed by atoms with E-state index in [-0.39, 0.29) is 35.8 Å². The summed E-state index contributed by atoms with van der Waals surface area (Å²) in [6, 6.07) is 10.8. The Balaban J connectivity index is 2.15. The molecule has 184 valence electrons. The van der Waals surface area contributed by atoms with Gasteiger partial charge < -0.3 is 10.2 Å². The largest absolute Gasteiger partial charge is 0.352 e. The maximum absolute atomic E-state index is 13.3. The summed E-state index contributed by atoms with van der Waals surface area (Å²) in [6.07, 6.45) is 1.25. The third-order valence-corrected chi connectivity index (χ3v) is 7.09. The van der Waals surface area contributed by atoms with Gasteiger partial charge in [0.15, 0.2) is 0 Å². The molecular formula is C24H29Cl2N3O4S. The van der Waals surface area contributed by atoms with Crippen LogP contribution in [0.25, 0.3) is 0 Å². The fourth-order valence-electron chi connectivity index (χ4n) is 3.25. The molecule has 0 bridgehead atoms. The molecule has 1 N–H and O–H groups in total. The number of nitro benzene ring substituents is 1. The molecule has 7 nitrogen and oxygen atoms in total. The molecule has 2 rings (SSSR count). The zero-order valence-corrected chi connectivity index (χ0v) is 21.8. The standard InChI is InChI=1S/C24H29Cl2N3O4S/c1-4-16(3)27-24(31)22(5-2)28(13-18-8-11-20(25)21(26)12-18)23(30)15-34-14-17-6-9-19(10-7-17)29(32)33/h6-12,16,22H,4-5,13-15H2,1-3H3,(H,27,31)/t16-,22+/m1/s1. The van der Waals surface area contributed by atoms with Gasteiger partial charge in [-0.2, -0.15) is 0 Å². The Labute approximate surface area is 214 Å². The molecule has 0 saturated heterocycles. The molecule has 2 amide bonds. The van der Waals surface area contributed by atoms with Crippen molar-refractivity contribution in [3.05, 3.63) is 73.8 Å². The zero-order valence-electron chi connectivity index (χ0n) is 19.4. The zero-order chi connectivity index (χ0) is 25.3. The summed E-state index contributed by atoms with van der Waals surface area (Å²) in [5.74, 6) is 0.306. The van der Waals surface area contributed by atoms with Gasteiger partial charge in [-0.25, -0.2) is 0 Å². The highest BCUT2D eigenvalue weighted by Crippen LogP contribution is 2.25. The number of nitrogens with zero attached hydrogens (tertiary/aromatic N) is 2. The van der Waals surface area contributed by atoms with Gasteiger partial charge in [0.2, 0.25) is 11.8 Å². The van der Waals surface area contributed by atoms with E-state index in [1.807, 2.05) is 20.8 Å². The van der Waals surface area contributed by atoms with E-state index in [9.17, 15) is 19.7 Å². The van der Waals surface area contributed by atoms with Crippen LogP contribution in [0.3, 0.4) is 0 Å². The molecule has 0 aliphatic carbocycles. The lowest BCUT2D eigenvalue weighted by Gasteiger charge is -2.31. The van der Waals surface area contributed by atoms with Gasteiger partial charge in [0.05, 0.1) is 20.7 Å². The fourth-order valence-corrected chi connectivity index (χ4v) is 4.44. The topological polar surface area (TPSA) is 92.6 Å². The summed E-state index contributed by atoms with van der Waals surface area (Å²) in [7, 11) is 0. The summed E-state index contributed by atoms with van der Waals surface area (Å²) in [6.45, 7) is 6.01. The first-order chi connectivity index (χ1) is 16.2. The van der Waals surface area contributed by atoms with Crippen molar-refractivity contribution < 1.29 is 14.5 Å². The van der Waals surface area contributed by atoms with E-state index in [4.69, 9.17) is 23.2 Å². The van der Waals surface area contributed by atoms with Crippen LogP contribution in [0.1, 0.15) is 44.7 Å². The van der Waals surface area contributed by atoms with Crippen LogP contribution in [0.4, 0.5) is 5.69 Å². The van der Waals surface area contributed by atoms with Gasteiger partial charge in [-0.05, 0) is 43.0 Å². The lowest BCUT2D eigenvalue weighted by atomic mass is 10.1. The normalized spacial score (nSPS) is 12.6. The number of hydrogen-bond donors (Lipinski definition) is 1. The number of carbonyl (C=O) groups is 2. The predicted molar refractivity (Wildman–Crippen MR) is 138 cm³/mol. The number of amides is 2. The second-order valence-corrected chi connectivity index (χ2v) is 9.73. The molecule has 10 heteroatoms. The Hall–Kier alpha value is -2.29. The van der Waals surface area contributed by atoms with Gasteiger partial charge in [-0.3, -0.25) is 19.7 Å². The van der Waals surface area contributed by atoms with Gasteiger partial charge in [-0.15, -0.1) is 11.8 Å². The van der Waals surface area contributed by atoms with E-state index in [0.717, 1.165) is 17.5 Å². The van der Waals surface area contributed by atoms with Crippen LogP contribution in [0, 0.1) is 10.1 Å². The maximum atomic E-state index is 13.3. The second kappa shape index (κ2) is 13.6. The van der Waals surface area contributed by atoms with Crippen molar-refractivity contribution in [1.29, 1.82) is 0 Å². The van der Waals surface area contributed by atoms with Crippen molar-refractivity contribution in [2.75, 3.05) is 5.75 Å². The Kier molecular flexibility index (Phi) is 11.1. The summed E-state index contributed by atoms with van der Waals surface area (Å²) < 4.78 is 0. The molecule has 0 unspecified atom stereocenters. The minimum absolute atomic E-state index is 0.00000860. The summed E-state index contributed by atoms with van der Waals surface area (Å²) in [4.78, 5) is 38.2. The van der Waals surface area contributed by atoms with Crippen molar-refractivity contribution in [2.24, 2.45) is 0 Å². The monoisotopic (exact) mass is 525 g/mol. The van der Waals surface area contributed by atoms with E-state index in [2.05, 4.69) is 5.32 Å². The number of thioether (sulfide) groups is 1. The molecule has 0 aromatic heterocycles. The Morgan fingerprint density at radius 3 is 2.26 bits per heavy atom. The number of benzene rings is 2. The quantitative estimate of drug-likeness (QED) is 0.276. The van der Waals surface area contributed by atoms with Crippen LogP contribution < -0.4 is 5.32 Å². The van der Waals surface area contributed by atoms with Crippen molar-refractivity contribution in [2.45, 2.75) is 58.0 Å². The van der Waals surface area contributed by atoms with Crippen LogP contribution in [0.5, 0.6) is 0 Å². The lowest BCUT2D eigenvalue weighted by molar-refractivity contribution is -0.384. The minimum Gasteiger partial charge on any atom is -0.352 e. The number of non-ortho nitro benzene ring substituents is 1. The molecule has 0 fully saturated rings. The Morgan fingerprint density at radius 2 is 1.71 bits per heavy atom. The Bertz CT molecular complexity index is 1000. The Morgan fingerprint density at radius 1 is 1.06 bits per heavy atom. The van der Waals surface area contributed by atoms with Crippen molar-refractivity contribution in [1.82, 2.24) is 10.2 Å². The number of rotatable bonds is 12. The SMILES string of the molecule is CC[C@@H](C)NC(=O)[C@H](CC)N(Cc1ccc(Cl)c(Cl)c1)C(=O)CSCc1ccc([N+](=O)[O-])cc1. The molecule has 0 spiro atoms. The molecule has 0 saturated carbocycles. The average molecular weight is 526 g/mol. The molecule has 2 aromatic rings. The van der Waals surface area contributed by atoms with Crippen molar-refractivity contribution in [3.63, 3.8) is 0 Å². The molecule has 2 aromatic carbocycles. The second-order valence-electron chi connectivity index (χ2n) is 7.93. The molecule has 0 radical (unpaired) electrons. The van der Waals surface area contributed by atoms with Crippen LogP contribution in [-0.4, -0.2) is 39.5 Å². The molecule has 0 aliphatic rings. The van der Waals surface area contributed by atoms with E-state index in [1.165, 1.54) is 23.9 Å². The van der Waals surface area contributed by atoms with E-state index in [1.54, 1.807) is 35.2 Å². The molecule has 0 aliphatic heterocycles. The molecule has 0 heterocycles. The van der Waals surface area contributed by atoms with Gasteiger partial charge in [0.1, 0.15) is 6.04 Å². The molecule has 34 heavy (non-hydrogen) atoms. The van der Waals surface area contributed by atoms with Crippen molar-refractivity contribution >= 4 is 52.5 Å². The first kappa shape index (κ1) is 28.0. The predicted octanol–water partition coefficient (Wildman–Crippen LogP) is 5.86. The first-order valence-electron chi connectivity index (χ1n) is 11.0. The smallest absolute Gasteiger partial charge is 0.269 e. The van der Waals surface area contributed by atoms with Crippen LogP contribution in [0.15, 0.2) is 42.5 Å². The van der Waals surface area contributed by atoms with Gasteiger partial charge in [-0.1, -0.05) is 55.2 Å². The van der Waals surface area contributed by atoms with Gasteiger partial charge in [0, 0.05) is 30.5 Å². The van der Waals surface area contributed by atoms with Crippen molar-refractivity contribution in [3.8, 4) is 0 Å².